The van der Waals surface area contributed by atoms with Crippen molar-refractivity contribution < 1.29 is 18.8 Å². The molecule has 5 nitrogen and oxygen atoms in total. The van der Waals surface area contributed by atoms with Crippen LogP contribution in [-0.2, 0) is 11.3 Å². The van der Waals surface area contributed by atoms with Crippen LogP contribution in [0.1, 0.15) is 32.7 Å². The first kappa shape index (κ1) is 19.1. The lowest BCUT2D eigenvalue weighted by atomic mass is 10.1. The third-order valence-corrected chi connectivity index (χ3v) is 5.06. The topological polar surface area (TPSA) is 66.5 Å². The van der Waals surface area contributed by atoms with Crippen LogP contribution in [-0.4, -0.2) is 40.7 Å². The third kappa shape index (κ3) is 4.03. The van der Waals surface area contributed by atoms with E-state index in [0.29, 0.717) is 23.3 Å². The van der Waals surface area contributed by atoms with Crippen molar-refractivity contribution in [3.8, 4) is 0 Å². The molecule has 1 aliphatic rings. The van der Waals surface area contributed by atoms with Crippen molar-refractivity contribution in [3.63, 3.8) is 0 Å². The molecule has 7 heteroatoms. The van der Waals surface area contributed by atoms with Crippen LogP contribution in [0, 0.1) is 5.82 Å². The molecule has 2 aromatic carbocycles. The van der Waals surface area contributed by atoms with Crippen LogP contribution in [0.25, 0.3) is 0 Å². The fourth-order valence-electron chi connectivity index (χ4n) is 3.01. The average molecular weight is 386 g/mol. The van der Waals surface area contributed by atoms with E-state index in [0.717, 1.165) is 10.5 Å². The Hall–Kier alpha value is -2.67. The number of amides is 3. The van der Waals surface area contributed by atoms with E-state index in [-0.39, 0.29) is 12.4 Å². The fraction of sp³-hybridized carbons (Fsp3) is 0.250. The molecule has 0 spiro atoms. The molecular formula is C20H19FN2O3S. The first-order chi connectivity index (χ1) is 13.0. The van der Waals surface area contributed by atoms with Crippen molar-refractivity contribution in [3.05, 3.63) is 71.0 Å². The highest BCUT2D eigenvalue weighted by molar-refractivity contribution is 7.98. The Kier molecular flexibility index (Phi) is 5.91. The number of halogens is 1. The molecule has 3 rings (SSSR count). The number of carbonyl (C=O) groups is 3. The van der Waals surface area contributed by atoms with Crippen molar-refractivity contribution in [2.45, 2.75) is 19.0 Å². The molecule has 1 atom stereocenters. The second-order valence-electron chi connectivity index (χ2n) is 6.17. The van der Waals surface area contributed by atoms with E-state index in [2.05, 4.69) is 5.32 Å². The highest BCUT2D eigenvalue weighted by atomic mass is 32.2. The highest BCUT2D eigenvalue weighted by Gasteiger charge is 2.42. The van der Waals surface area contributed by atoms with E-state index in [4.69, 9.17) is 0 Å². The first-order valence-corrected chi connectivity index (χ1v) is 9.90. The monoisotopic (exact) mass is 386 g/mol. The SMILES string of the molecule is CSCC[C@H](C(=O)NCc1ccc(F)cc1)N1C(=O)c2ccccc2C1=O. The van der Waals surface area contributed by atoms with Gasteiger partial charge in [-0.1, -0.05) is 24.3 Å². The Morgan fingerprint density at radius 1 is 1.07 bits per heavy atom. The summed E-state index contributed by atoms with van der Waals surface area (Å²) in [6.07, 6.45) is 2.26. The predicted molar refractivity (Wildman–Crippen MR) is 102 cm³/mol. The normalized spacial score (nSPS) is 14.2. The smallest absolute Gasteiger partial charge is 0.262 e. The van der Waals surface area contributed by atoms with Crippen LogP contribution in [0.4, 0.5) is 4.39 Å². The summed E-state index contributed by atoms with van der Waals surface area (Å²) < 4.78 is 13.0. The standard InChI is InChI=1S/C20H19FN2O3S/c1-27-11-10-17(18(24)22-12-13-6-8-14(21)9-7-13)23-19(25)15-4-2-3-5-16(15)20(23)26/h2-9,17H,10-12H2,1H3,(H,22,24)/t17-/m1/s1. The molecule has 0 radical (unpaired) electrons. The quantitative estimate of drug-likeness (QED) is 0.743. The minimum absolute atomic E-state index is 0.193. The summed E-state index contributed by atoms with van der Waals surface area (Å²) in [5.74, 6) is -1.02. The Labute approximate surface area is 160 Å². The molecule has 0 saturated carbocycles. The van der Waals surface area contributed by atoms with E-state index in [1.165, 1.54) is 23.9 Å². The van der Waals surface area contributed by atoms with Gasteiger partial charge in [0.1, 0.15) is 11.9 Å². The molecule has 1 heterocycles. The maximum Gasteiger partial charge on any atom is 0.262 e. The zero-order valence-electron chi connectivity index (χ0n) is 14.8. The Morgan fingerprint density at radius 3 is 2.22 bits per heavy atom. The highest BCUT2D eigenvalue weighted by Crippen LogP contribution is 2.26. The van der Waals surface area contributed by atoms with Crippen molar-refractivity contribution in [1.82, 2.24) is 10.2 Å². The van der Waals surface area contributed by atoms with Crippen LogP contribution >= 0.6 is 11.8 Å². The van der Waals surface area contributed by atoms with Gasteiger partial charge in [-0.15, -0.1) is 0 Å². The molecule has 0 fully saturated rings. The van der Waals surface area contributed by atoms with Crippen molar-refractivity contribution >= 4 is 29.5 Å². The fourth-order valence-corrected chi connectivity index (χ4v) is 3.47. The van der Waals surface area contributed by atoms with Crippen LogP contribution in [0.2, 0.25) is 0 Å². The first-order valence-electron chi connectivity index (χ1n) is 8.51. The zero-order chi connectivity index (χ0) is 19.4. The molecule has 2 aromatic rings. The molecule has 1 N–H and O–H groups in total. The second kappa shape index (κ2) is 8.35. The lowest BCUT2D eigenvalue weighted by molar-refractivity contribution is -0.125. The third-order valence-electron chi connectivity index (χ3n) is 4.42. The van der Waals surface area contributed by atoms with Crippen molar-refractivity contribution in [2.24, 2.45) is 0 Å². The molecule has 0 unspecified atom stereocenters. The molecular weight excluding hydrogens is 367 g/mol. The lowest BCUT2D eigenvalue weighted by Gasteiger charge is -2.25. The molecule has 0 aromatic heterocycles. The van der Waals surface area contributed by atoms with Gasteiger partial charge in [-0.25, -0.2) is 4.39 Å². The second-order valence-corrected chi connectivity index (χ2v) is 7.15. The summed E-state index contributed by atoms with van der Waals surface area (Å²) in [6, 6.07) is 11.5. The number of fused-ring (bicyclic) bond motifs is 1. The van der Waals surface area contributed by atoms with Gasteiger partial charge in [-0.05, 0) is 48.3 Å². The van der Waals surface area contributed by atoms with Crippen molar-refractivity contribution in [1.29, 1.82) is 0 Å². The number of hydrogen-bond acceptors (Lipinski definition) is 4. The van der Waals surface area contributed by atoms with Gasteiger partial charge in [0.25, 0.3) is 11.8 Å². The summed E-state index contributed by atoms with van der Waals surface area (Å²) in [7, 11) is 0. The molecule has 0 aliphatic carbocycles. The summed E-state index contributed by atoms with van der Waals surface area (Å²) in [5, 5.41) is 2.76. The van der Waals surface area contributed by atoms with Crippen LogP contribution in [0.3, 0.4) is 0 Å². The van der Waals surface area contributed by atoms with Gasteiger partial charge in [-0.3, -0.25) is 19.3 Å². The minimum atomic E-state index is -0.884. The Morgan fingerprint density at radius 2 is 1.67 bits per heavy atom. The summed E-state index contributed by atoms with van der Waals surface area (Å²) in [5.41, 5.74) is 1.38. The van der Waals surface area contributed by atoms with Gasteiger partial charge in [0.05, 0.1) is 11.1 Å². The van der Waals surface area contributed by atoms with Gasteiger partial charge >= 0.3 is 0 Å². The summed E-state index contributed by atoms with van der Waals surface area (Å²) >= 11 is 1.54. The average Bonchev–Trinajstić information content (AvgIpc) is 2.93. The van der Waals surface area contributed by atoms with Crippen LogP contribution < -0.4 is 5.32 Å². The number of rotatable bonds is 7. The largest absolute Gasteiger partial charge is 0.350 e. The Balaban J connectivity index is 1.77. The van der Waals surface area contributed by atoms with Gasteiger partial charge in [0.2, 0.25) is 5.91 Å². The van der Waals surface area contributed by atoms with Gasteiger partial charge in [0, 0.05) is 6.54 Å². The van der Waals surface area contributed by atoms with E-state index in [9.17, 15) is 18.8 Å². The predicted octanol–water partition coefficient (Wildman–Crippen LogP) is 2.86. The van der Waals surface area contributed by atoms with Gasteiger partial charge < -0.3 is 5.32 Å². The number of imide groups is 1. The molecule has 3 amide bonds. The maximum atomic E-state index is 13.0. The minimum Gasteiger partial charge on any atom is -0.350 e. The lowest BCUT2D eigenvalue weighted by Crippen LogP contribution is -2.49. The summed E-state index contributed by atoms with van der Waals surface area (Å²) in [4.78, 5) is 39.2. The molecule has 0 saturated heterocycles. The van der Waals surface area contributed by atoms with E-state index < -0.39 is 23.8 Å². The number of thioether (sulfide) groups is 1. The van der Waals surface area contributed by atoms with Gasteiger partial charge in [-0.2, -0.15) is 11.8 Å². The van der Waals surface area contributed by atoms with Gasteiger partial charge in [0.15, 0.2) is 0 Å². The Bertz CT molecular complexity index is 835. The van der Waals surface area contributed by atoms with E-state index in [1.807, 2.05) is 6.26 Å². The molecule has 1 aliphatic heterocycles. The maximum absolute atomic E-state index is 13.0. The number of nitrogens with one attached hydrogen (secondary N) is 1. The molecule has 0 bridgehead atoms. The zero-order valence-corrected chi connectivity index (χ0v) is 15.6. The molecule has 140 valence electrons. The van der Waals surface area contributed by atoms with Crippen LogP contribution in [0.15, 0.2) is 48.5 Å². The number of nitrogens with zero attached hydrogens (tertiary/aromatic N) is 1. The molecule has 27 heavy (non-hydrogen) atoms. The number of carbonyl (C=O) groups excluding carboxylic acids is 3. The van der Waals surface area contributed by atoms with E-state index in [1.54, 1.807) is 36.4 Å². The number of hydrogen-bond donors (Lipinski definition) is 1. The summed E-state index contributed by atoms with van der Waals surface area (Å²) in [6.45, 7) is 0.193. The van der Waals surface area contributed by atoms with Crippen LogP contribution in [0.5, 0.6) is 0 Å². The van der Waals surface area contributed by atoms with Crippen molar-refractivity contribution in [2.75, 3.05) is 12.0 Å². The number of benzene rings is 2. The van der Waals surface area contributed by atoms with E-state index >= 15 is 0 Å².